The van der Waals surface area contributed by atoms with Gasteiger partial charge in [0.25, 0.3) is 5.91 Å². The Labute approximate surface area is 186 Å². The van der Waals surface area contributed by atoms with Crippen LogP contribution in [-0.2, 0) is 0 Å². The van der Waals surface area contributed by atoms with Crippen LogP contribution in [0.25, 0.3) is 11.1 Å². The Morgan fingerprint density at radius 3 is 2.78 bits per heavy atom. The zero-order valence-corrected chi connectivity index (χ0v) is 18.0. The number of hydrogen-bond acceptors (Lipinski definition) is 7. The van der Waals surface area contributed by atoms with Gasteiger partial charge in [-0.05, 0) is 67.6 Å². The Balaban J connectivity index is 1.28. The predicted octanol–water partition coefficient (Wildman–Crippen LogP) is 3.50. The molecule has 0 radical (unpaired) electrons. The van der Waals surface area contributed by atoms with Gasteiger partial charge in [-0.15, -0.1) is 0 Å². The molecule has 6 rings (SSSR count). The molecule has 1 amide bonds. The van der Waals surface area contributed by atoms with Crippen LogP contribution in [0.2, 0.25) is 0 Å². The second kappa shape index (κ2) is 7.48. The monoisotopic (exact) mass is 432 g/mol. The van der Waals surface area contributed by atoms with Gasteiger partial charge in [-0.1, -0.05) is 0 Å². The van der Waals surface area contributed by atoms with E-state index in [2.05, 4.69) is 20.2 Å². The van der Waals surface area contributed by atoms with Gasteiger partial charge in [-0.3, -0.25) is 14.8 Å². The molecule has 1 unspecified atom stereocenters. The molecular weight excluding hydrogens is 404 g/mol. The molecule has 166 valence electrons. The third-order valence-corrected chi connectivity index (χ3v) is 7.04. The van der Waals surface area contributed by atoms with Gasteiger partial charge in [0.1, 0.15) is 11.1 Å². The van der Waals surface area contributed by atoms with Crippen molar-refractivity contribution in [1.82, 2.24) is 9.97 Å². The Morgan fingerprint density at radius 1 is 1.16 bits per heavy atom. The molecule has 2 saturated carbocycles. The molecule has 3 aromatic heterocycles. The van der Waals surface area contributed by atoms with E-state index in [0.717, 1.165) is 36.7 Å². The largest absolute Gasteiger partial charge is 0.438 e. The minimum Gasteiger partial charge on any atom is -0.438 e. The normalized spacial score (nSPS) is 23.5. The van der Waals surface area contributed by atoms with Gasteiger partial charge in [0, 0.05) is 31.5 Å². The van der Waals surface area contributed by atoms with Crippen LogP contribution in [0.5, 0.6) is 0 Å². The molecule has 3 aromatic rings. The van der Waals surface area contributed by atoms with E-state index in [0.29, 0.717) is 28.6 Å². The highest BCUT2D eigenvalue weighted by Gasteiger charge is 2.37. The van der Waals surface area contributed by atoms with Gasteiger partial charge >= 0.3 is 0 Å². The standard InChI is InChI=1S/C24H28N6O2/c25-17-7-16(14-3-4-14)11-30(12-17)19-5-6-27-10-18(19)29-24(31)21-22-20(32-23(21)26)8-15(9-28-22)13-1-2-13/h5-6,8-10,13-14,16-17H,1-4,7,11-12,25-26H2,(H,29,31)/t16?,17-/m0/s1. The average molecular weight is 433 g/mol. The van der Waals surface area contributed by atoms with Crippen LogP contribution in [0.3, 0.4) is 0 Å². The SMILES string of the molecule is Nc1oc2cc(C3CC3)cnc2c1C(=O)Nc1cnccc1N1CC(C2CC2)C[C@H](N)C1. The number of aromatic nitrogens is 2. The molecule has 0 aromatic carbocycles. The number of hydrogen-bond donors (Lipinski definition) is 3. The van der Waals surface area contributed by atoms with Gasteiger partial charge in [0.15, 0.2) is 5.58 Å². The quantitative estimate of drug-likeness (QED) is 0.564. The average Bonchev–Trinajstić information content (AvgIpc) is 3.68. The van der Waals surface area contributed by atoms with Gasteiger partial charge in [0.05, 0.1) is 17.6 Å². The molecule has 5 N–H and O–H groups in total. The first-order chi connectivity index (χ1) is 15.6. The summed E-state index contributed by atoms with van der Waals surface area (Å²) in [6, 6.07) is 4.02. The molecule has 3 fully saturated rings. The van der Waals surface area contributed by atoms with Gasteiger partial charge in [-0.25, -0.2) is 0 Å². The number of nitrogen functional groups attached to an aromatic ring is 1. The van der Waals surface area contributed by atoms with Crippen LogP contribution in [0, 0.1) is 11.8 Å². The number of carbonyl (C=O) groups excluding carboxylic acids is 1. The summed E-state index contributed by atoms with van der Waals surface area (Å²) in [5.74, 6) is 1.67. The van der Waals surface area contributed by atoms with E-state index in [1.165, 1.54) is 25.7 Å². The number of furan rings is 1. The lowest BCUT2D eigenvalue weighted by Crippen LogP contribution is -2.48. The number of carbonyl (C=O) groups is 1. The lowest BCUT2D eigenvalue weighted by molar-refractivity contribution is 0.102. The van der Waals surface area contributed by atoms with E-state index in [9.17, 15) is 4.79 Å². The Hall–Kier alpha value is -3.13. The second-order valence-corrected chi connectivity index (χ2v) is 9.58. The topological polar surface area (TPSA) is 123 Å². The zero-order chi connectivity index (χ0) is 21.8. The van der Waals surface area contributed by atoms with Gasteiger partial charge in [0.2, 0.25) is 5.88 Å². The Morgan fingerprint density at radius 2 is 2.00 bits per heavy atom. The minimum atomic E-state index is -0.345. The Kier molecular flexibility index (Phi) is 4.57. The number of fused-ring (bicyclic) bond motifs is 1. The summed E-state index contributed by atoms with van der Waals surface area (Å²) in [6.07, 6.45) is 11.3. The third kappa shape index (κ3) is 3.58. The van der Waals surface area contributed by atoms with Crippen LogP contribution in [0.15, 0.2) is 35.1 Å². The number of nitrogens with two attached hydrogens (primary N) is 2. The van der Waals surface area contributed by atoms with Crippen molar-refractivity contribution in [2.45, 2.75) is 44.1 Å². The first kappa shape index (κ1) is 19.5. The molecule has 1 aliphatic heterocycles. The van der Waals surface area contributed by atoms with Gasteiger partial charge < -0.3 is 26.1 Å². The second-order valence-electron chi connectivity index (χ2n) is 9.58. The van der Waals surface area contributed by atoms with Gasteiger partial charge in [-0.2, -0.15) is 0 Å². The molecule has 32 heavy (non-hydrogen) atoms. The fraction of sp³-hybridized carbons (Fsp3) is 0.458. The van der Waals surface area contributed by atoms with E-state index >= 15 is 0 Å². The highest BCUT2D eigenvalue weighted by molar-refractivity contribution is 6.15. The molecule has 4 heterocycles. The molecule has 8 nitrogen and oxygen atoms in total. The summed E-state index contributed by atoms with van der Waals surface area (Å²) in [5, 5.41) is 3.00. The molecule has 1 saturated heterocycles. The smallest absolute Gasteiger partial charge is 0.263 e. The molecule has 3 aliphatic rings. The highest BCUT2D eigenvalue weighted by Crippen LogP contribution is 2.43. The number of nitrogens with one attached hydrogen (secondary N) is 1. The summed E-state index contributed by atoms with van der Waals surface area (Å²) in [4.78, 5) is 24.3. The molecule has 2 aliphatic carbocycles. The summed E-state index contributed by atoms with van der Waals surface area (Å²) in [6.45, 7) is 1.71. The van der Waals surface area contributed by atoms with Crippen molar-refractivity contribution in [3.8, 4) is 0 Å². The summed E-state index contributed by atoms with van der Waals surface area (Å²) < 4.78 is 5.70. The van der Waals surface area contributed by atoms with Crippen LogP contribution in [0.4, 0.5) is 17.3 Å². The Bertz CT molecular complexity index is 1180. The lowest BCUT2D eigenvalue weighted by Gasteiger charge is -2.38. The lowest BCUT2D eigenvalue weighted by atomic mass is 9.90. The number of piperidine rings is 1. The zero-order valence-electron chi connectivity index (χ0n) is 18.0. The number of nitrogens with zero attached hydrogens (tertiary/aromatic N) is 3. The van der Waals surface area contributed by atoms with Crippen LogP contribution >= 0.6 is 0 Å². The highest BCUT2D eigenvalue weighted by atomic mass is 16.3. The van der Waals surface area contributed by atoms with Crippen molar-refractivity contribution < 1.29 is 9.21 Å². The summed E-state index contributed by atoms with van der Waals surface area (Å²) in [7, 11) is 0. The van der Waals surface area contributed by atoms with Crippen LogP contribution in [0.1, 0.15) is 53.9 Å². The van der Waals surface area contributed by atoms with E-state index in [4.69, 9.17) is 15.9 Å². The predicted molar refractivity (Wildman–Crippen MR) is 124 cm³/mol. The summed E-state index contributed by atoms with van der Waals surface area (Å²) in [5.41, 5.74) is 16.5. The van der Waals surface area contributed by atoms with Crippen molar-refractivity contribution in [3.63, 3.8) is 0 Å². The van der Waals surface area contributed by atoms with Crippen molar-refractivity contribution in [2.24, 2.45) is 17.6 Å². The number of anilines is 3. The molecular formula is C24H28N6O2. The van der Waals surface area contributed by atoms with Crippen LogP contribution in [-0.4, -0.2) is 35.0 Å². The fourth-order valence-electron chi connectivity index (χ4n) is 5.10. The third-order valence-electron chi connectivity index (χ3n) is 7.04. The minimum absolute atomic E-state index is 0.0807. The van der Waals surface area contributed by atoms with E-state index < -0.39 is 0 Å². The first-order valence-corrected chi connectivity index (χ1v) is 11.5. The number of rotatable bonds is 5. The maximum atomic E-state index is 13.3. The first-order valence-electron chi connectivity index (χ1n) is 11.5. The van der Waals surface area contributed by atoms with E-state index in [1.807, 2.05) is 18.3 Å². The molecule has 2 atom stereocenters. The maximum absolute atomic E-state index is 13.3. The van der Waals surface area contributed by atoms with Crippen molar-refractivity contribution >= 4 is 34.3 Å². The fourth-order valence-corrected chi connectivity index (χ4v) is 5.10. The van der Waals surface area contributed by atoms with E-state index in [1.54, 1.807) is 12.4 Å². The summed E-state index contributed by atoms with van der Waals surface area (Å²) >= 11 is 0. The maximum Gasteiger partial charge on any atom is 0.263 e. The van der Waals surface area contributed by atoms with Crippen molar-refractivity contribution in [3.05, 3.63) is 41.9 Å². The molecule has 0 spiro atoms. The van der Waals surface area contributed by atoms with Crippen molar-refractivity contribution in [1.29, 1.82) is 0 Å². The molecule has 8 heteroatoms. The van der Waals surface area contributed by atoms with E-state index in [-0.39, 0.29) is 23.4 Å². The van der Waals surface area contributed by atoms with Crippen LogP contribution < -0.4 is 21.7 Å². The number of amides is 1. The number of pyridine rings is 2. The van der Waals surface area contributed by atoms with Crippen molar-refractivity contribution in [2.75, 3.05) is 29.0 Å². The molecule has 0 bridgehead atoms.